The molecule has 15 heavy (non-hydrogen) atoms. The lowest BCUT2D eigenvalue weighted by Crippen LogP contribution is -2.17. The van der Waals surface area contributed by atoms with Gasteiger partial charge in [0, 0.05) is 6.04 Å². The van der Waals surface area contributed by atoms with Crippen LogP contribution in [0.4, 0.5) is 0 Å². The molecule has 0 fully saturated rings. The van der Waals surface area contributed by atoms with Crippen LogP contribution >= 0.6 is 0 Å². The Kier molecular flexibility index (Phi) is 4.18. The maximum absolute atomic E-state index is 9.40. The Bertz CT molecular complexity index is 347. The summed E-state index contributed by atoms with van der Waals surface area (Å²) in [6, 6.07) is 5.60. The lowest BCUT2D eigenvalue weighted by atomic mass is 10.1. The average Bonchev–Trinajstić information content (AvgIpc) is 2.27. The molecule has 1 rings (SSSR count). The van der Waals surface area contributed by atoms with Crippen molar-refractivity contribution in [3.05, 3.63) is 29.8 Å². The van der Waals surface area contributed by atoms with Gasteiger partial charge in [0.15, 0.2) is 11.5 Å². The van der Waals surface area contributed by atoms with Crippen molar-refractivity contribution in [3.8, 4) is 11.5 Å². The standard InChI is InChI=1S/C12H17NO2/c1-9(13-2)4-5-10-6-7-11(14)12(8-10)15-3/h4-9,13-14H,1-3H3/b5-4+. The fourth-order valence-electron chi connectivity index (χ4n) is 1.15. The first-order valence-corrected chi connectivity index (χ1v) is 4.90. The van der Waals surface area contributed by atoms with E-state index in [0.29, 0.717) is 11.8 Å². The van der Waals surface area contributed by atoms with Gasteiger partial charge in [0.2, 0.25) is 0 Å². The molecule has 1 aromatic carbocycles. The Morgan fingerprint density at radius 1 is 1.47 bits per heavy atom. The molecule has 1 atom stereocenters. The highest BCUT2D eigenvalue weighted by Crippen LogP contribution is 2.26. The van der Waals surface area contributed by atoms with E-state index in [0.717, 1.165) is 5.56 Å². The maximum atomic E-state index is 9.40. The van der Waals surface area contributed by atoms with Crippen LogP contribution in [0.25, 0.3) is 6.08 Å². The highest BCUT2D eigenvalue weighted by Gasteiger charge is 2.00. The molecule has 0 heterocycles. The summed E-state index contributed by atoms with van der Waals surface area (Å²) in [6.07, 6.45) is 4.04. The van der Waals surface area contributed by atoms with E-state index in [1.807, 2.05) is 25.3 Å². The van der Waals surface area contributed by atoms with Crippen LogP contribution in [-0.4, -0.2) is 25.3 Å². The molecule has 2 N–H and O–H groups in total. The molecule has 3 nitrogen and oxygen atoms in total. The van der Waals surface area contributed by atoms with Crippen molar-refractivity contribution in [2.24, 2.45) is 0 Å². The number of ether oxygens (including phenoxy) is 1. The summed E-state index contributed by atoms with van der Waals surface area (Å²) in [6.45, 7) is 2.06. The van der Waals surface area contributed by atoms with Gasteiger partial charge in [0.25, 0.3) is 0 Å². The topological polar surface area (TPSA) is 41.5 Å². The quantitative estimate of drug-likeness (QED) is 0.793. The zero-order valence-corrected chi connectivity index (χ0v) is 9.32. The molecular formula is C12H17NO2. The molecule has 0 aliphatic heterocycles. The Hall–Kier alpha value is -1.48. The van der Waals surface area contributed by atoms with E-state index >= 15 is 0 Å². The van der Waals surface area contributed by atoms with Gasteiger partial charge in [-0.15, -0.1) is 0 Å². The second kappa shape index (κ2) is 5.41. The number of methoxy groups -OCH3 is 1. The summed E-state index contributed by atoms with van der Waals surface area (Å²) in [5.74, 6) is 0.658. The van der Waals surface area contributed by atoms with E-state index in [9.17, 15) is 5.11 Å². The highest BCUT2D eigenvalue weighted by atomic mass is 16.5. The minimum Gasteiger partial charge on any atom is -0.504 e. The summed E-state index contributed by atoms with van der Waals surface area (Å²) in [5.41, 5.74) is 1.01. The lowest BCUT2D eigenvalue weighted by Gasteiger charge is -2.05. The molecule has 0 aliphatic rings. The van der Waals surface area contributed by atoms with Gasteiger partial charge in [-0.25, -0.2) is 0 Å². The van der Waals surface area contributed by atoms with Crippen molar-refractivity contribution in [1.29, 1.82) is 0 Å². The molecule has 0 bridgehead atoms. The van der Waals surface area contributed by atoms with E-state index in [2.05, 4.69) is 12.2 Å². The Morgan fingerprint density at radius 3 is 2.80 bits per heavy atom. The number of phenols is 1. The third-order valence-electron chi connectivity index (χ3n) is 2.24. The molecular weight excluding hydrogens is 190 g/mol. The molecule has 0 aromatic heterocycles. The Labute approximate surface area is 90.4 Å². The normalized spacial score (nSPS) is 13.0. The fourth-order valence-corrected chi connectivity index (χ4v) is 1.15. The molecule has 1 aromatic rings. The number of likely N-dealkylation sites (N-methyl/N-ethyl adjacent to an activating group) is 1. The lowest BCUT2D eigenvalue weighted by molar-refractivity contribution is 0.373. The van der Waals surface area contributed by atoms with Gasteiger partial charge in [-0.1, -0.05) is 18.2 Å². The number of benzene rings is 1. The van der Waals surface area contributed by atoms with Crippen molar-refractivity contribution in [2.75, 3.05) is 14.2 Å². The third kappa shape index (κ3) is 3.29. The highest BCUT2D eigenvalue weighted by molar-refractivity contribution is 5.55. The number of hydrogen-bond acceptors (Lipinski definition) is 3. The third-order valence-corrected chi connectivity index (χ3v) is 2.24. The summed E-state index contributed by atoms with van der Waals surface area (Å²) >= 11 is 0. The summed E-state index contributed by atoms with van der Waals surface area (Å²) in [7, 11) is 3.45. The van der Waals surface area contributed by atoms with E-state index in [1.165, 1.54) is 0 Å². The van der Waals surface area contributed by atoms with E-state index in [-0.39, 0.29) is 5.75 Å². The van der Waals surface area contributed by atoms with Crippen LogP contribution in [0, 0.1) is 0 Å². The molecule has 0 saturated carbocycles. The van der Waals surface area contributed by atoms with Crippen molar-refractivity contribution < 1.29 is 9.84 Å². The number of rotatable bonds is 4. The summed E-state index contributed by atoms with van der Waals surface area (Å²) in [5, 5.41) is 12.5. The number of phenolic OH excluding ortho intramolecular Hbond substituents is 1. The first-order chi connectivity index (χ1) is 7.17. The second-order valence-corrected chi connectivity index (χ2v) is 3.37. The van der Waals surface area contributed by atoms with Crippen LogP contribution in [0.15, 0.2) is 24.3 Å². The maximum Gasteiger partial charge on any atom is 0.161 e. The largest absolute Gasteiger partial charge is 0.504 e. The van der Waals surface area contributed by atoms with Crippen molar-refractivity contribution in [3.63, 3.8) is 0 Å². The van der Waals surface area contributed by atoms with Gasteiger partial charge in [0.05, 0.1) is 7.11 Å². The van der Waals surface area contributed by atoms with E-state index < -0.39 is 0 Å². The molecule has 0 aliphatic carbocycles. The smallest absolute Gasteiger partial charge is 0.161 e. The van der Waals surface area contributed by atoms with Crippen LogP contribution < -0.4 is 10.1 Å². The van der Waals surface area contributed by atoms with Crippen LogP contribution in [0.5, 0.6) is 11.5 Å². The molecule has 0 spiro atoms. The van der Waals surface area contributed by atoms with Gasteiger partial charge < -0.3 is 15.2 Å². The molecule has 82 valence electrons. The van der Waals surface area contributed by atoms with Crippen LogP contribution in [0.2, 0.25) is 0 Å². The Morgan fingerprint density at radius 2 is 2.20 bits per heavy atom. The Balaban J connectivity index is 2.82. The SMILES string of the molecule is CNC(C)/C=C/c1ccc(O)c(OC)c1. The molecule has 3 heteroatoms. The predicted octanol–water partition coefficient (Wildman–Crippen LogP) is 2.02. The average molecular weight is 207 g/mol. The monoisotopic (exact) mass is 207 g/mol. The zero-order chi connectivity index (χ0) is 11.3. The number of aromatic hydroxyl groups is 1. The van der Waals surface area contributed by atoms with Gasteiger partial charge >= 0.3 is 0 Å². The van der Waals surface area contributed by atoms with Crippen molar-refractivity contribution >= 4 is 6.08 Å². The van der Waals surface area contributed by atoms with E-state index in [4.69, 9.17) is 4.74 Å². The first-order valence-electron chi connectivity index (χ1n) is 4.90. The van der Waals surface area contributed by atoms with Crippen LogP contribution in [0.1, 0.15) is 12.5 Å². The molecule has 0 radical (unpaired) electrons. The number of nitrogens with one attached hydrogen (secondary N) is 1. The van der Waals surface area contributed by atoms with E-state index in [1.54, 1.807) is 19.2 Å². The minimum atomic E-state index is 0.163. The first kappa shape index (κ1) is 11.6. The van der Waals surface area contributed by atoms with Crippen LogP contribution in [-0.2, 0) is 0 Å². The molecule has 0 amide bonds. The zero-order valence-electron chi connectivity index (χ0n) is 9.32. The van der Waals surface area contributed by atoms with Crippen molar-refractivity contribution in [1.82, 2.24) is 5.32 Å². The summed E-state index contributed by atoms with van der Waals surface area (Å²) < 4.78 is 5.02. The fraction of sp³-hybridized carbons (Fsp3) is 0.333. The van der Waals surface area contributed by atoms with Gasteiger partial charge in [-0.05, 0) is 31.7 Å². The van der Waals surface area contributed by atoms with Gasteiger partial charge in [-0.2, -0.15) is 0 Å². The minimum absolute atomic E-state index is 0.163. The van der Waals surface area contributed by atoms with Crippen LogP contribution in [0.3, 0.4) is 0 Å². The van der Waals surface area contributed by atoms with Gasteiger partial charge in [0.1, 0.15) is 0 Å². The van der Waals surface area contributed by atoms with Gasteiger partial charge in [-0.3, -0.25) is 0 Å². The second-order valence-electron chi connectivity index (χ2n) is 3.37. The predicted molar refractivity (Wildman–Crippen MR) is 62.2 cm³/mol. The van der Waals surface area contributed by atoms with Crippen molar-refractivity contribution in [2.45, 2.75) is 13.0 Å². The summed E-state index contributed by atoms with van der Waals surface area (Å²) in [4.78, 5) is 0. The molecule has 0 saturated heterocycles. The number of hydrogen-bond donors (Lipinski definition) is 2. The molecule has 1 unspecified atom stereocenters.